The topological polar surface area (TPSA) is 28.2 Å². The van der Waals surface area contributed by atoms with Gasteiger partial charge in [0.25, 0.3) is 0 Å². The highest BCUT2D eigenvalue weighted by Crippen LogP contribution is 2.27. The Hall–Kier alpha value is -0.610. The van der Waals surface area contributed by atoms with E-state index in [1.807, 2.05) is 11.3 Å². The van der Waals surface area contributed by atoms with Gasteiger partial charge < -0.3 is 10.2 Å². The number of aryl methyl sites for hydroxylation is 1. The highest BCUT2D eigenvalue weighted by atomic mass is 32.1. The molecule has 0 aliphatic heterocycles. The zero-order valence-electron chi connectivity index (χ0n) is 13.0. The molecule has 1 aromatic rings. The Morgan fingerprint density at radius 3 is 2.26 bits per heavy atom. The van der Waals surface area contributed by atoms with Crippen LogP contribution in [0.2, 0.25) is 0 Å². The van der Waals surface area contributed by atoms with Crippen molar-refractivity contribution >= 4 is 16.5 Å². The van der Waals surface area contributed by atoms with Crippen molar-refractivity contribution in [2.75, 3.05) is 24.5 Å². The van der Waals surface area contributed by atoms with Gasteiger partial charge in [-0.2, -0.15) is 0 Å². The number of hydrogen-bond acceptors (Lipinski definition) is 4. The molecule has 1 rings (SSSR count). The molecule has 0 aliphatic carbocycles. The van der Waals surface area contributed by atoms with Crippen LogP contribution in [0.25, 0.3) is 0 Å². The van der Waals surface area contributed by atoms with E-state index in [0.717, 1.165) is 32.6 Å². The van der Waals surface area contributed by atoms with Crippen LogP contribution in [0.1, 0.15) is 57.5 Å². The van der Waals surface area contributed by atoms with Crippen LogP contribution in [0, 0.1) is 0 Å². The quantitative estimate of drug-likeness (QED) is 0.707. The maximum absolute atomic E-state index is 4.89. The normalized spacial score (nSPS) is 10.9. The lowest BCUT2D eigenvalue weighted by Crippen LogP contribution is -2.24. The van der Waals surface area contributed by atoms with Gasteiger partial charge in [0.1, 0.15) is 0 Å². The first-order valence-electron chi connectivity index (χ1n) is 7.70. The van der Waals surface area contributed by atoms with Crippen LogP contribution < -0.4 is 10.2 Å². The molecule has 19 heavy (non-hydrogen) atoms. The summed E-state index contributed by atoms with van der Waals surface area (Å²) < 4.78 is 0. The molecular formula is C15H29N3S. The van der Waals surface area contributed by atoms with E-state index >= 15 is 0 Å². The van der Waals surface area contributed by atoms with Crippen molar-refractivity contribution in [3.05, 3.63) is 10.6 Å². The van der Waals surface area contributed by atoms with Crippen molar-refractivity contribution in [1.82, 2.24) is 10.3 Å². The summed E-state index contributed by atoms with van der Waals surface area (Å²) in [5.74, 6) is 0. The average molecular weight is 283 g/mol. The highest BCUT2D eigenvalue weighted by Gasteiger charge is 2.14. The summed E-state index contributed by atoms with van der Waals surface area (Å²) in [6.07, 6.45) is 4.64. The summed E-state index contributed by atoms with van der Waals surface area (Å²) in [7, 11) is 0. The first-order valence-corrected chi connectivity index (χ1v) is 8.52. The van der Waals surface area contributed by atoms with Crippen LogP contribution in [0.5, 0.6) is 0 Å². The Labute approximate surface area is 122 Å². The molecule has 1 heterocycles. The summed E-state index contributed by atoms with van der Waals surface area (Å²) in [6, 6.07) is 0. The van der Waals surface area contributed by atoms with Crippen LogP contribution >= 0.6 is 11.3 Å². The fourth-order valence-corrected chi connectivity index (χ4v) is 3.28. The van der Waals surface area contributed by atoms with E-state index in [1.54, 1.807) is 0 Å². The molecule has 0 aliphatic rings. The fourth-order valence-electron chi connectivity index (χ4n) is 2.16. The summed E-state index contributed by atoms with van der Waals surface area (Å²) in [4.78, 5) is 8.77. The van der Waals surface area contributed by atoms with Crippen LogP contribution in [-0.4, -0.2) is 24.6 Å². The number of anilines is 1. The smallest absolute Gasteiger partial charge is 0.185 e. The van der Waals surface area contributed by atoms with E-state index in [2.05, 4.69) is 37.9 Å². The lowest BCUT2D eigenvalue weighted by atomic mass is 10.2. The average Bonchev–Trinajstić information content (AvgIpc) is 2.80. The van der Waals surface area contributed by atoms with Gasteiger partial charge in [0, 0.05) is 24.5 Å². The molecule has 0 bridgehead atoms. The third-order valence-corrected chi connectivity index (χ3v) is 4.21. The Bertz CT molecular complexity index is 343. The Morgan fingerprint density at radius 2 is 1.74 bits per heavy atom. The standard InChI is InChI=1S/C15H29N3S/c1-5-9-13-14(12-16-8-4)19-15(17-13)18(10-6-2)11-7-3/h16H,5-12H2,1-4H3. The lowest BCUT2D eigenvalue weighted by molar-refractivity contribution is 0.720. The number of hydrogen-bond donors (Lipinski definition) is 1. The third-order valence-electron chi connectivity index (χ3n) is 3.05. The van der Waals surface area contributed by atoms with Gasteiger partial charge in [-0.3, -0.25) is 0 Å². The zero-order valence-corrected chi connectivity index (χ0v) is 13.8. The van der Waals surface area contributed by atoms with E-state index in [1.165, 1.54) is 35.0 Å². The molecule has 0 unspecified atom stereocenters. The number of rotatable bonds is 10. The van der Waals surface area contributed by atoms with Crippen molar-refractivity contribution in [1.29, 1.82) is 0 Å². The van der Waals surface area contributed by atoms with Gasteiger partial charge in [-0.15, -0.1) is 11.3 Å². The molecule has 4 heteroatoms. The van der Waals surface area contributed by atoms with Crippen LogP contribution in [0.3, 0.4) is 0 Å². The largest absolute Gasteiger partial charge is 0.348 e. The number of aromatic nitrogens is 1. The third kappa shape index (κ3) is 5.11. The van der Waals surface area contributed by atoms with Gasteiger partial charge in [-0.05, 0) is 25.8 Å². The molecule has 1 N–H and O–H groups in total. The Balaban J connectivity index is 2.86. The molecule has 0 amide bonds. The second kappa shape index (κ2) is 9.32. The van der Waals surface area contributed by atoms with Crippen molar-refractivity contribution in [3.8, 4) is 0 Å². The molecule has 0 atom stereocenters. The molecule has 0 spiro atoms. The van der Waals surface area contributed by atoms with Crippen molar-refractivity contribution in [3.63, 3.8) is 0 Å². The van der Waals surface area contributed by atoms with Gasteiger partial charge >= 0.3 is 0 Å². The predicted molar refractivity (Wildman–Crippen MR) is 86.3 cm³/mol. The van der Waals surface area contributed by atoms with Gasteiger partial charge in [-0.25, -0.2) is 4.98 Å². The maximum atomic E-state index is 4.89. The first kappa shape index (κ1) is 16.4. The van der Waals surface area contributed by atoms with E-state index in [4.69, 9.17) is 4.98 Å². The minimum atomic E-state index is 0.968. The monoisotopic (exact) mass is 283 g/mol. The van der Waals surface area contributed by atoms with Crippen LogP contribution in [-0.2, 0) is 13.0 Å². The van der Waals surface area contributed by atoms with E-state index < -0.39 is 0 Å². The maximum Gasteiger partial charge on any atom is 0.185 e. The van der Waals surface area contributed by atoms with Crippen molar-refractivity contribution in [2.24, 2.45) is 0 Å². The Kier molecular flexibility index (Phi) is 8.07. The second-order valence-electron chi connectivity index (χ2n) is 4.88. The minimum absolute atomic E-state index is 0.968. The number of nitrogens with zero attached hydrogens (tertiary/aromatic N) is 2. The Morgan fingerprint density at radius 1 is 1.05 bits per heavy atom. The van der Waals surface area contributed by atoms with Crippen molar-refractivity contribution in [2.45, 2.75) is 59.9 Å². The van der Waals surface area contributed by atoms with E-state index in [-0.39, 0.29) is 0 Å². The molecule has 0 saturated heterocycles. The molecule has 0 aromatic carbocycles. The van der Waals surface area contributed by atoms with Crippen LogP contribution in [0.4, 0.5) is 5.13 Å². The molecule has 0 fully saturated rings. The zero-order chi connectivity index (χ0) is 14.1. The van der Waals surface area contributed by atoms with E-state index in [0.29, 0.717) is 0 Å². The molecule has 110 valence electrons. The molecule has 0 saturated carbocycles. The molecule has 1 aromatic heterocycles. The molecular weight excluding hydrogens is 254 g/mol. The van der Waals surface area contributed by atoms with Crippen molar-refractivity contribution < 1.29 is 0 Å². The first-order chi connectivity index (χ1) is 9.26. The summed E-state index contributed by atoms with van der Waals surface area (Å²) in [5, 5.41) is 4.65. The van der Waals surface area contributed by atoms with Gasteiger partial charge in [-0.1, -0.05) is 34.1 Å². The summed E-state index contributed by atoms with van der Waals surface area (Å²) >= 11 is 1.88. The summed E-state index contributed by atoms with van der Waals surface area (Å²) in [5.41, 5.74) is 1.31. The minimum Gasteiger partial charge on any atom is -0.348 e. The lowest BCUT2D eigenvalue weighted by Gasteiger charge is -2.20. The molecule has 3 nitrogen and oxygen atoms in total. The molecule has 0 radical (unpaired) electrons. The van der Waals surface area contributed by atoms with E-state index in [9.17, 15) is 0 Å². The fraction of sp³-hybridized carbons (Fsp3) is 0.800. The van der Waals surface area contributed by atoms with Gasteiger partial charge in [0.05, 0.1) is 5.69 Å². The SMILES string of the molecule is CCCc1nc(N(CCC)CCC)sc1CNCC. The predicted octanol–water partition coefficient (Wildman–Crippen LogP) is 3.83. The number of thiazole rings is 1. The summed E-state index contributed by atoms with van der Waals surface area (Å²) in [6.45, 7) is 13.1. The second-order valence-corrected chi connectivity index (χ2v) is 5.95. The number of nitrogens with one attached hydrogen (secondary N) is 1. The van der Waals surface area contributed by atoms with Gasteiger partial charge in [0.15, 0.2) is 5.13 Å². The van der Waals surface area contributed by atoms with Gasteiger partial charge in [0.2, 0.25) is 0 Å². The van der Waals surface area contributed by atoms with Crippen LogP contribution in [0.15, 0.2) is 0 Å². The highest BCUT2D eigenvalue weighted by molar-refractivity contribution is 7.15.